The van der Waals surface area contributed by atoms with Crippen LogP contribution in [0.2, 0.25) is 0 Å². The lowest BCUT2D eigenvalue weighted by molar-refractivity contribution is -0.161. The summed E-state index contributed by atoms with van der Waals surface area (Å²) in [6, 6.07) is 3.21. The molecule has 8 nitrogen and oxygen atoms in total. The minimum atomic E-state index is -1.18. The molecule has 0 saturated heterocycles. The first-order chi connectivity index (χ1) is 14.1. The maximum Gasteiger partial charge on any atom is 0.546 e. The van der Waals surface area contributed by atoms with Gasteiger partial charge in [-0.1, -0.05) is 19.9 Å². The molecule has 1 aromatic rings. The van der Waals surface area contributed by atoms with Crippen molar-refractivity contribution >= 4 is 19.1 Å². The topological polar surface area (TPSA) is 103 Å². The van der Waals surface area contributed by atoms with Gasteiger partial charge in [0.05, 0.1) is 18.5 Å². The van der Waals surface area contributed by atoms with Crippen molar-refractivity contribution in [1.82, 2.24) is 5.32 Å². The van der Waals surface area contributed by atoms with Gasteiger partial charge in [0.1, 0.15) is 17.1 Å². The number of ether oxygens (including phenoxy) is 3. The number of esters is 2. The summed E-state index contributed by atoms with van der Waals surface area (Å²) >= 11 is 0. The van der Waals surface area contributed by atoms with Crippen molar-refractivity contribution in [1.29, 1.82) is 0 Å². The fourth-order valence-electron chi connectivity index (χ4n) is 2.95. The van der Waals surface area contributed by atoms with E-state index in [9.17, 15) is 14.6 Å². The van der Waals surface area contributed by atoms with Crippen LogP contribution in [0.25, 0.3) is 0 Å². The number of benzene rings is 1. The van der Waals surface area contributed by atoms with E-state index in [0.29, 0.717) is 17.7 Å². The third-order valence-corrected chi connectivity index (χ3v) is 4.55. The minimum absolute atomic E-state index is 0.0843. The van der Waals surface area contributed by atoms with Crippen LogP contribution in [0.4, 0.5) is 0 Å². The molecule has 9 heteroatoms. The number of carbonyl (C=O) groups excluding carboxylic acids is 2. The lowest BCUT2D eigenvalue weighted by Crippen LogP contribution is -2.50. The molecule has 0 bridgehead atoms. The van der Waals surface area contributed by atoms with Gasteiger partial charge in [0.25, 0.3) is 0 Å². The summed E-state index contributed by atoms with van der Waals surface area (Å²) in [6.07, 6.45) is 2.10. The quantitative estimate of drug-likeness (QED) is 0.377. The Morgan fingerprint density at radius 1 is 1.33 bits per heavy atom. The summed E-state index contributed by atoms with van der Waals surface area (Å²) in [6.45, 7) is 10.6. The van der Waals surface area contributed by atoms with E-state index in [2.05, 4.69) is 11.9 Å². The minimum Gasteiger partial charge on any atom is -0.534 e. The number of hydrogen-bond donors (Lipinski definition) is 2. The van der Waals surface area contributed by atoms with E-state index in [4.69, 9.17) is 18.9 Å². The number of rotatable bonds is 8. The van der Waals surface area contributed by atoms with Crippen LogP contribution >= 0.6 is 0 Å². The van der Waals surface area contributed by atoms with Crippen LogP contribution < -0.4 is 14.7 Å². The summed E-state index contributed by atoms with van der Waals surface area (Å²) < 4.78 is 21.0. The predicted octanol–water partition coefficient (Wildman–Crippen LogP) is 2.63. The maximum absolute atomic E-state index is 12.6. The van der Waals surface area contributed by atoms with Crippen LogP contribution in [0.1, 0.15) is 56.5 Å². The molecule has 1 heterocycles. The molecule has 1 aliphatic heterocycles. The van der Waals surface area contributed by atoms with E-state index >= 15 is 0 Å². The Morgan fingerprint density at radius 3 is 2.63 bits per heavy atom. The van der Waals surface area contributed by atoms with Gasteiger partial charge in [0.2, 0.25) is 6.79 Å². The average molecular weight is 419 g/mol. The molecule has 2 rings (SSSR count). The monoisotopic (exact) mass is 419 g/mol. The molecular weight excluding hydrogens is 389 g/mol. The average Bonchev–Trinajstić information content (AvgIpc) is 2.67. The number of allylic oxidation sites excluding steroid dienone is 1. The Labute approximate surface area is 177 Å². The molecule has 0 amide bonds. The Hall–Kier alpha value is -2.68. The SMILES string of the molecule is C=C(CCC)N[C@H]1Cc2cc(OC)cc(C(=O)OCOC(=O)C(C)(C)C)c2OB1O. The van der Waals surface area contributed by atoms with E-state index < -0.39 is 37.2 Å². The van der Waals surface area contributed by atoms with Crippen molar-refractivity contribution in [2.45, 2.75) is 52.9 Å². The van der Waals surface area contributed by atoms with Crippen LogP contribution in [0.5, 0.6) is 11.5 Å². The molecule has 0 aromatic heterocycles. The molecule has 30 heavy (non-hydrogen) atoms. The first-order valence-corrected chi connectivity index (χ1v) is 9.91. The van der Waals surface area contributed by atoms with Crippen LogP contribution in [-0.2, 0) is 20.7 Å². The van der Waals surface area contributed by atoms with Crippen LogP contribution in [0, 0.1) is 5.41 Å². The number of hydrogen-bond acceptors (Lipinski definition) is 8. The third kappa shape index (κ3) is 5.92. The molecule has 164 valence electrons. The highest BCUT2D eigenvalue weighted by molar-refractivity contribution is 6.46. The second-order valence-electron chi connectivity index (χ2n) is 8.21. The molecule has 1 aliphatic rings. The van der Waals surface area contributed by atoms with Crippen LogP contribution in [0.3, 0.4) is 0 Å². The van der Waals surface area contributed by atoms with Gasteiger partial charge in [0.15, 0.2) is 0 Å². The lowest BCUT2D eigenvalue weighted by Gasteiger charge is -2.30. The van der Waals surface area contributed by atoms with Crippen molar-refractivity contribution < 1.29 is 33.5 Å². The van der Waals surface area contributed by atoms with Crippen molar-refractivity contribution in [2.75, 3.05) is 13.9 Å². The Bertz CT molecular complexity index is 803. The van der Waals surface area contributed by atoms with E-state index in [1.807, 2.05) is 6.92 Å². The number of fused-ring (bicyclic) bond motifs is 1. The highest BCUT2D eigenvalue weighted by Gasteiger charge is 2.38. The Kier molecular flexibility index (Phi) is 7.78. The van der Waals surface area contributed by atoms with Crippen LogP contribution in [0.15, 0.2) is 24.4 Å². The van der Waals surface area contributed by atoms with Crippen molar-refractivity contribution in [3.8, 4) is 11.5 Å². The van der Waals surface area contributed by atoms with Crippen molar-refractivity contribution in [3.63, 3.8) is 0 Å². The second-order valence-corrected chi connectivity index (χ2v) is 8.21. The van der Waals surface area contributed by atoms with Gasteiger partial charge in [-0.3, -0.25) is 4.79 Å². The van der Waals surface area contributed by atoms with E-state index in [-0.39, 0.29) is 11.3 Å². The van der Waals surface area contributed by atoms with Gasteiger partial charge < -0.3 is 29.2 Å². The Balaban J connectivity index is 2.17. The third-order valence-electron chi connectivity index (χ3n) is 4.55. The molecule has 0 unspecified atom stereocenters. The smallest absolute Gasteiger partial charge is 0.534 e. The van der Waals surface area contributed by atoms with Crippen molar-refractivity contribution in [2.24, 2.45) is 5.41 Å². The van der Waals surface area contributed by atoms with Gasteiger partial charge in [-0.15, -0.1) is 0 Å². The normalized spacial score (nSPS) is 15.5. The van der Waals surface area contributed by atoms with Gasteiger partial charge in [-0.05, 0) is 51.3 Å². The van der Waals surface area contributed by atoms with E-state index in [0.717, 1.165) is 18.5 Å². The number of carbonyl (C=O) groups is 2. The zero-order chi connectivity index (χ0) is 22.5. The number of methoxy groups -OCH3 is 1. The van der Waals surface area contributed by atoms with Gasteiger partial charge in [-0.2, -0.15) is 0 Å². The van der Waals surface area contributed by atoms with E-state index in [1.54, 1.807) is 26.8 Å². The Morgan fingerprint density at radius 2 is 2.03 bits per heavy atom. The largest absolute Gasteiger partial charge is 0.546 e. The molecule has 0 radical (unpaired) electrons. The first kappa shape index (κ1) is 23.6. The summed E-state index contributed by atoms with van der Waals surface area (Å²) in [5.74, 6) is -0.995. The van der Waals surface area contributed by atoms with Crippen molar-refractivity contribution in [3.05, 3.63) is 35.5 Å². The van der Waals surface area contributed by atoms with E-state index in [1.165, 1.54) is 13.2 Å². The summed E-state index contributed by atoms with van der Waals surface area (Å²) in [4.78, 5) is 24.4. The zero-order valence-corrected chi connectivity index (χ0v) is 18.2. The molecule has 0 saturated carbocycles. The highest BCUT2D eigenvalue weighted by Crippen LogP contribution is 2.35. The summed E-state index contributed by atoms with van der Waals surface area (Å²) in [7, 11) is 0.309. The second kappa shape index (κ2) is 9.89. The van der Waals surface area contributed by atoms with Gasteiger partial charge >= 0.3 is 19.1 Å². The number of nitrogens with one attached hydrogen (secondary N) is 1. The van der Waals surface area contributed by atoms with Gasteiger partial charge in [-0.25, -0.2) is 4.79 Å². The first-order valence-electron chi connectivity index (χ1n) is 9.91. The fourth-order valence-corrected chi connectivity index (χ4v) is 2.95. The zero-order valence-electron chi connectivity index (χ0n) is 18.2. The molecule has 0 fully saturated rings. The molecule has 1 atom stereocenters. The summed E-state index contributed by atoms with van der Waals surface area (Å²) in [5.41, 5.74) is 0.858. The van der Waals surface area contributed by atoms with Crippen LogP contribution in [-0.4, -0.2) is 43.9 Å². The lowest BCUT2D eigenvalue weighted by atomic mass is 9.72. The molecule has 0 aliphatic carbocycles. The standard InChI is InChI=1S/C21H30BNO7/c1-7-8-13(2)23-17-10-14-9-15(27-6)11-16(18(14)30-22(17)26)19(24)28-12-29-20(25)21(3,4)5/h9,11,17,23,26H,2,7-8,10,12H2,1,3-6H3/t17-/m0/s1. The highest BCUT2D eigenvalue weighted by atomic mass is 16.7. The molecular formula is C21H30BNO7. The summed E-state index contributed by atoms with van der Waals surface area (Å²) in [5, 5.41) is 13.6. The molecule has 2 N–H and O–H groups in total. The fraction of sp³-hybridized carbons (Fsp3) is 0.524. The molecule has 0 spiro atoms. The maximum atomic E-state index is 12.6. The van der Waals surface area contributed by atoms with Gasteiger partial charge in [0, 0.05) is 5.70 Å². The predicted molar refractivity (Wildman–Crippen MR) is 112 cm³/mol. The molecule has 1 aromatic carbocycles.